The first kappa shape index (κ1) is 14.6. The Kier molecular flexibility index (Phi) is 4.40. The Morgan fingerprint density at radius 2 is 2.23 bits per heavy atom. The molecule has 3 rings (SSSR count). The number of anilines is 1. The first-order chi connectivity index (χ1) is 10.7. The van der Waals surface area contributed by atoms with Crippen molar-refractivity contribution in [1.82, 2.24) is 15.2 Å². The Bertz CT molecular complexity index is 758. The molecule has 0 saturated carbocycles. The van der Waals surface area contributed by atoms with Gasteiger partial charge in [0.2, 0.25) is 5.91 Å². The van der Waals surface area contributed by atoms with Gasteiger partial charge in [0.25, 0.3) is 5.89 Å². The van der Waals surface area contributed by atoms with Crippen molar-refractivity contribution in [3.63, 3.8) is 0 Å². The molecular weight excluding hydrogens is 328 g/mol. The smallest absolute Gasteiger partial charge is 0.322 e. The molecule has 0 saturated heterocycles. The van der Waals surface area contributed by atoms with Crippen LogP contribution in [0.1, 0.15) is 0 Å². The van der Waals surface area contributed by atoms with E-state index in [1.54, 1.807) is 24.3 Å². The second-order valence-electron chi connectivity index (χ2n) is 4.04. The van der Waals surface area contributed by atoms with Crippen LogP contribution in [0.5, 0.6) is 0 Å². The molecule has 0 atom stereocenters. The quantitative estimate of drug-likeness (QED) is 0.715. The third-order valence-corrected chi connectivity index (χ3v) is 3.62. The van der Waals surface area contributed by atoms with E-state index in [0.29, 0.717) is 15.8 Å². The number of hydrogen-bond donors (Lipinski definition) is 1. The molecule has 9 heteroatoms. The number of amides is 1. The summed E-state index contributed by atoms with van der Waals surface area (Å²) < 4.78 is 10.4. The number of halogens is 1. The highest BCUT2D eigenvalue weighted by atomic mass is 35.5. The van der Waals surface area contributed by atoms with Crippen LogP contribution in [0, 0.1) is 0 Å². The molecule has 7 nitrogen and oxygen atoms in total. The minimum absolute atomic E-state index is 0.0149. The van der Waals surface area contributed by atoms with Crippen LogP contribution in [0.3, 0.4) is 0 Å². The molecular formula is C13H9ClN4O3S. The minimum Gasteiger partial charge on any atom is -0.459 e. The molecule has 3 aromatic rings. The number of thioether (sulfide) groups is 1. The van der Waals surface area contributed by atoms with Crippen molar-refractivity contribution >= 4 is 35.3 Å². The van der Waals surface area contributed by atoms with Gasteiger partial charge in [0.1, 0.15) is 0 Å². The van der Waals surface area contributed by atoms with Crippen LogP contribution < -0.4 is 5.32 Å². The summed E-state index contributed by atoms with van der Waals surface area (Å²) in [6, 6.07) is 6.85. The average Bonchev–Trinajstić information content (AvgIpc) is 3.17. The molecule has 0 aliphatic carbocycles. The second kappa shape index (κ2) is 6.63. The molecule has 3 heterocycles. The zero-order chi connectivity index (χ0) is 15.4. The fourth-order valence-electron chi connectivity index (χ4n) is 1.52. The number of carbonyl (C=O) groups is 1. The Morgan fingerprint density at radius 3 is 2.95 bits per heavy atom. The maximum Gasteiger partial charge on any atom is 0.322 e. The molecule has 0 fully saturated rings. The first-order valence-electron chi connectivity index (χ1n) is 6.12. The Labute approximate surface area is 134 Å². The highest BCUT2D eigenvalue weighted by Crippen LogP contribution is 2.21. The predicted molar refractivity (Wildman–Crippen MR) is 80.6 cm³/mol. The molecule has 0 aromatic carbocycles. The van der Waals surface area contributed by atoms with Gasteiger partial charge in [-0.2, -0.15) is 0 Å². The van der Waals surface area contributed by atoms with Gasteiger partial charge in [0.05, 0.1) is 22.1 Å². The van der Waals surface area contributed by atoms with Crippen molar-refractivity contribution in [1.29, 1.82) is 0 Å². The van der Waals surface area contributed by atoms with E-state index in [0.717, 1.165) is 0 Å². The number of nitrogens with zero attached hydrogens (tertiary/aromatic N) is 3. The van der Waals surface area contributed by atoms with Crippen LogP contribution in [0.25, 0.3) is 11.7 Å². The van der Waals surface area contributed by atoms with Crippen LogP contribution in [-0.4, -0.2) is 26.8 Å². The van der Waals surface area contributed by atoms with Crippen LogP contribution in [0.2, 0.25) is 5.02 Å². The lowest BCUT2D eigenvalue weighted by atomic mass is 10.5. The molecule has 0 spiro atoms. The van der Waals surface area contributed by atoms with Gasteiger partial charge in [-0.15, -0.1) is 5.10 Å². The number of pyridine rings is 1. The number of aromatic nitrogens is 3. The monoisotopic (exact) mass is 336 g/mol. The van der Waals surface area contributed by atoms with Crippen molar-refractivity contribution in [3.8, 4) is 11.7 Å². The third kappa shape index (κ3) is 3.66. The molecule has 1 amide bonds. The number of hydrogen-bond acceptors (Lipinski definition) is 7. The lowest BCUT2D eigenvalue weighted by molar-refractivity contribution is -0.113. The summed E-state index contributed by atoms with van der Waals surface area (Å²) in [4.78, 5) is 15.9. The summed E-state index contributed by atoms with van der Waals surface area (Å²) >= 11 is 7.01. The Balaban J connectivity index is 1.54. The standard InChI is InChI=1S/C13H9ClN4O3S/c14-8-3-4-11(15-6-8)22-7-10(19)16-13-18-17-12(21-13)9-2-1-5-20-9/h1-6H,7H2,(H,16,18,19). The zero-order valence-electron chi connectivity index (χ0n) is 11.0. The molecule has 0 aliphatic rings. The normalized spacial score (nSPS) is 10.6. The SMILES string of the molecule is O=C(CSc1ccc(Cl)cn1)Nc1nnc(-c2ccco2)o1. The van der Waals surface area contributed by atoms with E-state index in [4.69, 9.17) is 20.4 Å². The summed E-state index contributed by atoms with van der Waals surface area (Å²) in [6.45, 7) is 0. The zero-order valence-corrected chi connectivity index (χ0v) is 12.6. The Hall–Kier alpha value is -2.32. The van der Waals surface area contributed by atoms with E-state index in [2.05, 4.69) is 20.5 Å². The maximum absolute atomic E-state index is 11.8. The number of carbonyl (C=O) groups excluding carboxylic acids is 1. The van der Waals surface area contributed by atoms with Gasteiger partial charge in [-0.1, -0.05) is 28.5 Å². The summed E-state index contributed by atoms with van der Waals surface area (Å²) in [5.74, 6) is 0.518. The number of furan rings is 1. The van der Waals surface area contributed by atoms with E-state index in [-0.39, 0.29) is 23.6 Å². The van der Waals surface area contributed by atoms with Gasteiger partial charge >= 0.3 is 6.01 Å². The maximum atomic E-state index is 11.8. The van der Waals surface area contributed by atoms with Gasteiger partial charge in [0.15, 0.2) is 5.76 Å². The topological polar surface area (TPSA) is 94.1 Å². The summed E-state index contributed by atoms with van der Waals surface area (Å²) in [5, 5.41) is 11.3. The summed E-state index contributed by atoms with van der Waals surface area (Å²) in [6.07, 6.45) is 3.02. The minimum atomic E-state index is -0.281. The van der Waals surface area contributed by atoms with Crippen molar-refractivity contribution in [2.45, 2.75) is 5.03 Å². The van der Waals surface area contributed by atoms with Crippen LogP contribution in [-0.2, 0) is 4.79 Å². The van der Waals surface area contributed by atoms with Gasteiger partial charge in [-0.3, -0.25) is 10.1 Å². The van der Waals surface area contributed by atoms with E-state index in [1.807, 2.05) is 0 Å². The Morgan fingerprint density at radius 1 is 1.32 bits per heavy atom. The average molecular weight is 337 g/mol. The van der Waals surface area contributed by atoms with Crippen molar-refractivity contribution in [2.75, 3.05) is 11.1 Å². The third-order valence-electron chi connectivity index (χ3n) is 2.45. The lowest BCUT2D eigenvalue weighted by Crippen LogP contribution is -2.14. The van der Waals surface area contributed by atoms with Crippen molar-refractivity contribution < 1.29 is 13.6 Å². The first-order valence-corrected chi connectivity index (χ1v) is 7.48. The van der Waals surface area contributed by atoms with Crippen molar-refractivity contribution in [3.05, 3.63) is 41.7 Å². The molecule has 1 N–H and O–H groups in total. The highest BCUT2D eigenvalue weighted by molar-refractivity contribution is 7.99. The van der Waals surface area contributed by atoms with E-state index in [9.17, 15) is 4.79 Å². The second-order valence-corrected chi connectivity index (χ2v) is 5.47. The lowest BCUT2D eigenvalue weighted by Gasteiger charge is -2.00. The van der Waals surface area contributed by atoms with Gasteiger partial charge < -0.3 is 8.83 Å². The van der Waals surface area contributed by atoms with E-state index < -0.39 is 0 Å². The fraction of sp³-hybridized carbons (Fsp3) is 0.0769. The molecule has 0 radical (unpaired) electrons. The van der Waals surface area contributed by atoms with Gasteiger partial charge in [-0.25, -0.2) is 4.98 Å². The van der Waals surface area contributed by atoms with E-state index in [1.165, 1.54) is 24.2 Å². The van der Waals surface area contributed by atoms with Gasteiger partial charge in [-0.05, 0) is 24.3 Å². The van der Waals surface area contributed by atoms with Crippen molar-refractivity contribution in [2.24, 2.45) is 0 Å². The summed E-state index contributed by atoms with van der Waals surface area (Å²) in [5.41, 5.74) is 0. The highest BCUT2D eigenvalue weighted by Gasteiger charge is 2.13. The molecule has 3 aromatic heterocycles. The molecule has 0 aliphatic heterocycles. The number of nitrogens with one attached hydrogen (secondary N) is 1. The van der Waals surface area contributed by atoms with Gasteiger partial charge in [0, 0.05) is 6.20 Å². The van der Waals surface area contributed by atoms with Crippen LogP contribution >= 0.6 is 23.4 Å². The fourth-order valence-corrected chi connectivity index (χ4v) is 2.27. The predicted octanol–water partition coefficient (Wildman–Crippen LogP) is 3.11. The summed E-state index contributed by atoms with van der Waals surface area (Å²) in [7, 11) is 0. The molecule has 0 unspecified atom stereocenters. The molecule has 0 bridgehead atoms. The molecule has 22 heavy (non-hydrogen) atoms. The van der Waals surface area contributed by atoms with Crippen LogP contribution in [0.15, 0.2) is 50.6 Å². The number of rotatable bonds is 5. The molecule has 112 valence electrons. The van der Waals surface area contributed by atoms with Crippen LogP contribution in [0.4, 0.5) is 6.01 Å². The van der Waals surface area contributed by atoms with E-state index >= 15 is 0 Å². The largest absolute Gasteiger partial charge is 0.459 e.